The maximum absolute atomic E-state index is 12.5. The van der Waals surface area contributed by atoms with Crippen LogP contribution >= 0.6 is 0 Å². The van der Waals surface area contributed by atoms with E-state index in [1.807, 2.05) is 30.9 Å². The Morgan fingerprint density at radius 2 is 2.12 bits per heavy atom. The number of hydrogen-bond acceptors (Lipinski definition) is 5. The lowest BCUT2D eigenvalue weighted by molar-refractivity contribution is -0.202. The van der Waals surface area contributed by atoms with Gasteiger partial charge >= 0.3 is 0 Å². The number of carbonyl (C=O) groups excluding carboxylic acids is 1. The Morgan fingerprint density at radius 3 is 2.72 bits per heavy atom. The monoisotopic (exact) mass is 348 g/mol. The fourth-order valence-electron chi connectivity index (χ4n) is 4.10. The van der Waals surface area contributed by atoms with Crippen molar-refractivity contribution in [1.82, 2.24) is 9.88 Å². The molecule has 1 amide bonds. The molecule has 2 fully saturated rings. The molecule has 0 aromatic carbocycles. The maximum Gasteiger partial charge on any atom is 0.260 e. The predicted octanol–water partition coefficient (Wildman–Crippen LogP) is 1.72. The first-order valence-corrected chi connectivity index (χ1v) is 9.08. The molecule has 25 heavy (non-hydrogen) atoms. The van der Waals surface area contributed by atoms with Crippen LogP contribution in [-0.2, 0) is 16.0 Å². The number of methoxy groups -OCH3 is 1. The van der Waals surface area contributed by atoms with Gasteiger partial charge in [0, 0.05) is 37.7 Å². The first-order valence-electron chi connectivity index (χ1n) is 9.08. The van der Waals surface area contributed by atoms with E-state index in [9.17, 15) is 9.90 Å². The fraction of sp³-hybridized carbons (Fsp3) is 0.684. The number of aliphatic hydroxyl groups is 1. The van der Waals surface area contributed by atoms with E-state index in [4.69, 9.17) is 9.47 Å². The number of amides is 1. The molecule has 138 valence electrons. The van der Waals surface area contributed by atoms with Crippen LogP contribution in [0, 0.1) is 12.3 Å². The van der Waals surface area contributed by atoms with Crippen LogP contribution in [0.5, 0.6) is 5.75 Å². The van der Waals surface area contributed by atoms with Gasteiger partial charge in [0.2, 0.25) is 0 Å². The molecule has 1 aromatic rings. The average Bonchev–Trinajstić information content (AvgIpc) is 2.64. The van der Waals surface area contributed by atoms with Crippen molar-refractivity contribution in [2.75, 3.05) is 26.8 Å². The van der Waals surface area contributed by atoms with E-state index in [0.717, 1.165) is 30.7 Å². The molecular formula is C19H28N2O4. The third-order valence-electron chi connectivity index (χ3n) is 5.83. The summed E-state index contributed by atoms with van der Waals surface area (Å²) in [6, 6.07) is 3.78. The van der Waals surface area contributed by atoms with E-state index in [0.29, 0.717) is 25.3 Å². The van der Waals surface area contributed by atoms with Gasteiger partial charge in [-0.3, -0.25) is 9.78 Å². The van der Waals surface area contributed by atoms with Crippen LogP contribution in [0.15, 0.2) is 12.1 Å². The van der Waals surface area contributed by atoms with Gasteiger partial charge < -0.3 is 19.5 Å². The number of hydrogen-bond donors (Lipinski definition) is 1. The third-order valence-corrected chi connectivity index (χ3v) is 5.83. The lowest BCUT2D eigenvalue weighted by Gasteiger charge is -2.56. The molecule has 0 radical (unpaired) electrons. The van der Waals surface area contributed by atoms with Crippen molar-refractivity contribution in [2.45, 2.75) is 51.7 Å². The van der Waals surface area contributed by atoms with Gasteiger partial charge in [-0.25, -0.2) is 0 Å². The molecule has 1 aliphatic heterocycles. The highest BCUT2D eigenvalue weighted by Gasteiger charge is 2.56. The standard InChI is InChI=1S/C19H28N2O4/c1-4-14-15(6-5-13(2)20-14)25-12-18(23)21-9-7-19(8-10-21)16(22)11-17(19)24-3/h5-6,16-17,22H,4,7-12H2,1-3H3/t16-,17+/m1/s1. The number of aliphatic hydroxyl groups excluding tert-OH is 1. The van der Waals surface area contributed by atoms with Crippen molar-refractivity contribution >= 4 is 5.91 Å². The highest BCUT2D eigenvalue weighted by atomic mass is 16.5. The predicted molar refractivity (Wildman–Crippen MR) is 93.5 cm³/mol. The van der Waals surface area contributed by atoms with Crippen LogP contribution in [0.25, 0.3) is 0 Å². The molecule has 1 aromatic heterocycles. The molecule has 0 unspecified atom stereocenters. The lowest BCUT2D eigenvalue weighted by atomic mass is 9.58. The first-order chi connectivity index (χ1) is 12.0. The zero-order chi connectivity index (χ0) is 18.0. The zero-order valence-corrected chi connectivity index (χ0v) is 15.3. The van der Waals surface area contributed by atoms with Crippen molar-refractivity contribution in [3.05, 3.63) is 23.5 Å². The SMILES string of the molecule is CCc1nc(C)ccc1OCC(=O)N1CCC2(CC1)[C@H](O)C[C@@H]2OC. The van der Waals surface area contributed by atoms with Crippen LogP contribution in [-0.4, -0.2) is 59.9 Å². The number of nitrogens with zero attached hydrogens (tertiary/aromatic N) is 2. The minimum Gasteiger partial charge on any atom is -0.482 e. The molecule has 1 N–H and O–H groups in total. The normalized spacial score (nSPS) is 24.9. The second-order valence-electron chi connectivity index (χ2n) is 7.13. The molecule has 6 nitrogen and oxygen atoms in total. The maximum atomic E-state index is 12.5. The number of pyridine rings is 1. The number of aromatic nitrogens is 1. The first kappa shape index (κ1) is 18.1. The molecule has 2 atom stereocenters. The molecule has 1 aliphatic carbocycles. The van der Waals surface area contributed by atoms with Gasteiger partial charge in [0.05, 0.1) is 17.9 Å². The van der Waals surface area contributed by atoms with Crippen molar-refractivity contribution in [1.29, 1.82) is 0 Å². The van der Waals surface area contributed by atoms with E-state index in [1.165, 1.54) is 0 Å². The highest BCUT2D eigenvalue weighted by molar-refractivity contribution is 5.78. The van der Waals surface area contributed by atoms with Gasteiger partial charge in [0.1, 0.15) is 5.75 Å². The van der Waals surface area contributed by atoms with E-state index in [2.05, 4.69) is 4.98 Å². The van der Waals surface area contributed by atoms with Crippen LogP contribution in [0.2, 0.25) is 0 Å². The minimum absolute atomic E-state index is 0.0136. The summed E-state index contributed by atoms with van der Waals surface area (Å²) < 4.78 is 11.2. The molecule has 2 aliphatic rings. The zero-order valence-electron chi connectivity index (χ0n) is 15.3. The Hall–Kier alpha value is -1.66. The molecule has 2 heterocycles. The van der Waals surface area contributed by atoms with Crippen molar-refractivity contribution in [3.8, 4) is 5.75 Å². The van der Waals surface area contributed by atoms with Gasteiger partial charge in [-0.1, -0.05) is 6.92 Å². The number of ether oxygens (including phenoxy) is 2. The summed E-state index contributed by atoms with van der Waals surface area (Å²) in [6.45, 7) is 5.29. The van der Waals surface area contributed by atoms with Crippen LogP contribution in [0.3, 0.4) is 0 Å². The van der Waals surface area contributed by atoms with Gasteiger partial charge in [-0.15, -0.1) is 0 Å². The number of likely N-dealkylation sites (tertiary alicyclic amines) is 1. The van der Waals surface area contributed by atoms with E-state index < -0.39 is 0 Å². The highest BCUT2D eigenvalue weighted by Crippen LogP contribution is 2.50. The van der Waals surface area contributed by atoms with Gasteiger partial charge in [-0.05, 0) is 38.3 Å². The topological polar surface area (TPSA) is 71.9 Å². The van der Waals surface area contributed by atoms with E-state index in [1.54, 1.807) is 7.11 Å². The van der Waals surface area contributed by atoms with Gasteiger partial charge in [0.25, 0.3) is 5.91 Å². The molecule has 1 saturated carbocycles. The Kier molecular flexibility index (Phi) is 5.29. The van der Waals surface area contributed by atoms with Gasteiger partial charge in [0.15, 0.2) is 6.61 Å². The number of piperidine rings is 1. The van der Waals surface area contributed by atoms with Crippen molar-refractivity contribution in [2.24, 2.45) is 5.41 Å². The summed E-state index contributed by atoms with van der Waals surface area (Å²) in [7, 11) is 1.70. The largest absolute Gasteiger partial charge is 0.482 e. The van der Waals surface area contributed by atoms with Crippen LogP contribution in [0.1, 0.15) is 37.6 Å². The summed E-state index contributed by atoms with van der Waals surface area (Å²) in [5.74, 6) is 0.670. The van der Waals surface area contributed by atoms with Crippen molar-refractivity contribution in [3.63, 3.8) is 0 Å². The quantitative estimate of drug-likeness (QED) is 0.877. The summed E-state index contributed by atoms with van der Waals surface area (Å²) >= 11 is 0. The summed E-state index contributed by atoms with van der Waals surface area (Å²) in [6.07, 6.45) is 2.84. The number of rotatable bonds is 5. The molecular weight excluding hydrogens is 320 g/mol. The van der Waals surface area contributed by atoms with Crippen LogP contribution < -0.4 is 4.74 Å². The molecule has 6 heteroatoms. The summed E-state index contributed by atoms with van der Waals surface area (Å²) in [5.41, 5.74) is 1.66. The molecule has 0 bridgehead atoms. The Labute approximate surface area is 149 Å². The number of carbonyl (C=O) groups is 1. The van der Waals surface area contributed by atoms with Crippen molar-refractivity contribution < 1.29 is 19.4 Å². The smallest absolute Gasteiger partial charge is 0.260 e. The van der Waals surface area contributed by atoms with Crippen LogP contribution in [0.4, 0.5) is 0 Å². The fourth-order valence-corrected chi connectivity index (χ4v) is 4.10. The molecule has 1 spiro atoms. The second-order valence-corrected chi connectivity index (χ2v) is 7.13. The van der Waals surface area contributed by atoms with E-state index in [-0.39, 0.29) is 30.1 Å². The lowest BCUT2D eigenvalue weighted by Crippen LogP contribution is -2.62. The number of aryl methyl sites for hydroxylation is 2. The average molecular weight is 348 g/mol. The Bertz CT molecular complexity index is 626. The molecule has 1 saturated heterocycles. The van der Waals surface area contributed by atoms with E-state index >= 15 is 0 Å². The Morgan fingerprint density at radius 1 is 1.40 bits per heavy atom. The Balaban J connectivity index is 1.54. The second kappa shape index (κ2) is 7.30. The minimum atomic E-state index is -0.309. The van der Waals surface area contributed by atoms with Gasteiger partial charge in [-0.2, -0.15) is 0 Å². The molecule has 3 rings (SSSR count). The summed E-state index contributed by atoms with van der Waals surface area (Å²) in [4.78, 5) is 18.8. The summed E-state index contributed by atoms with van der Waals surface area (Å²) in [5, 5.41) is 10.2. The third kappa shape index (κ3) is 3.37.